The first-order valence-electron chi connectivity index (χ1n) is 7.87. The predicted octanol–water partition coefficient (Wildman–Crippen LogP) is 3.07. The van der Waals surface area contributed by atoms with Crippen LogP contribution in [0.25, 0.3) is 28.1 Å². The quantitative estimate of drug-likeness (QED) is 0.562. The van der Waals surface area contributed by atoms with E-state index in [2.05, 4.69) is 15.1 Å². The van der Waals surface area contributed by atoms with Gasteiger partial charge in [0.05, 0.1) is 17.6 Å². The van der Waals surface area contributed by atoms with Gasteiger partial charge >= 0.3 is 0 Å². The molecule has 25 heavy (non-hydrogen) atoms. The van der Waals surface area contributed by atoms with Gasteiger partial charge in [0, 0.05) is 19.2 Å². The average molecular weight is 337 g/mol. The summed E-state index contributed by atoms with van der Waals surface area (Å²) in [6, 6.07) is 12.8. The topological polar surface area (TPSA) is 57.8 Å². The standard InChI is InChI=1S/C18H16FN5O/c1-25-9-8-23-17-5-3-2-4-15(17)22-18(23)13-6-7-16(14(19)10-13)24-12-20-11-21-24/h2-7,10-12H,8-9H2,1H3. The van der Waals surface area contributed by atoms with Crippen molar-refractivity contribution >= 4 is 11.0 Å². The van der Waals surface area contributed by atoms with Gasteiger partial charge in [0.1, 0.15) is 30.0 Å². The molecule has 0 spiro atoms. The minimum absolute atomic E-state index is 0.348. The normalized spacial score (nSPS) is 11.3. The number of hydrogen-bond donors (Lipinski definition) is 0. The SMILES string of the molecule is COCCn1c(-c2ccc(-n3cncn3)c(F)c2)nc2ccccc21. The smallest absolute Gasteiger partial charge is 0.149 e. The van der Waals surface area contributed by atoms with Gasteiger partial charge < -0.3 is 9.30 Å². The van der Waals surface area contributed by atoms with Gasteiger partial charge in [-0.15, -0.1) is 0 Å². The summed E-state index contributed by atoms with van der Waals surface area (Å²) in [5, 5.41) is 3.97. The minimum atomic E-state index is -0.381. The number of benzene rings is 2. The van der Waals surface area contributed by atoms with Crippen LogP contribution in [0.5, 0.6) is 0 Å². The Hall–Kier alpha value is -3.06. The Morgan fingerprint density at radius 2 is 2.04 bits per heavy atom. The summed E-state index contributed by atoms with van der Waals surface area (Å²) in [5.74, 6) is 0.329. The lowest BCUT2D eigenvalue weighted by Crippen LogP contribution is -2.06. The van der Waals surface area contributed by atoms with E-state index in [0.29, 0.717) is 30.2 Å². The molecule has 0 amide bonds. The molecule has 0 atom stereocenters. The van der Waals surface area contributed by atoms with Crippen molar-refractivity contribution in [3.63, 3.8) is 0 Å². The molecule has 0 N–H and O–H groups in total. The molecule has 0 aliphatic heterocycles. The molecule has 0 aliphatic carbocycles. The molecule has 6 nitrogen and oxygen atoms in total. The van der Waals surface area contributed by atoms with Crippen LogP contribution < -0.4 is 0 Å². The Bertz CT molecular complexity index is 1010. The zero-order valence-electron chi connectivity index (χ0n) is 13.6. The summed E-state index contributed by atoms with van der Waals surface area (Å²) in [4.78, 5) is 8.53. The highest BCUT2D eigenvalue weighted by atomic mass is 19.1. The second kappa shape index (κ2) is 6.45. The maximum atomic E-state index is 14.6. The van der Waals surface area contributed by atoms with Crippen LogP contribution in [0.3, 0.4) is 0 Å². The highest BCUT2D eigenvalue weighted by Crippen LogP contribution is 2.27. The van der Waals surface area contributed by atoms with Gasteiger partial charge in [-0.3, -0.25) is 0 Å². The molecule has 0 radical (unpaired) electrons. The summed E-state index contributed by atoms with van der Waals surface area (Å²) in [5.41, 5.74) is 2.92. The number of aromatic nitrogens is 5. The third kappa shape index (κ3) is 2.78. The van der Waals surface area contributed by atoms with Crippen molar-refractivity contribution in [2.24, 2.45) is 0 Å². The van der Waals surface area contributed by atoms with Crippen molar-refractivity contribution in [1.82, 2.24) is 24.3 Å². The fourth-order valence-corrected chi connectivity index (χ4v) is 2.87. The van der Waals surface area contributed by atoms with Crippen LogP contribution in [0.1, 0.15) is 0 Å². The number of ether oxygens (including phenoxy) is 1. The van der Waals surface area contributed by atoms with Crippen LogP contribution in [-0.4, -0.2) is 38.0 Å². The molecule has 4 rings (SSSR count). The van der Waals surface area contributed by atoms with Crippen LogP contribution in [0.2, 0.25) is 0 Å². The summed E-state index contributed by atoms with van der Waals surface area (Å²) >= 11 is 0. The average Bonchev–Trinajstić information content (AvgIpc) is 3.28. The molecule has 0 unspecified atom stereocenters. The first-order valence-corrected chi connectivity index (χ1v) is 7.87. The molecule has 0 aliphatic rings. The van der Waals surface area contributed by atoms with Crippen molar-refractivity contribution < 1.29 is 9.13 Å². The first kappa shape index (κ1) is 15.5. The van der Waals surface area contributed by atoms with Crippen molar-refractivity contribution in [1.29, 1.82) is 0 Å². The van der Waals surface area contributed by atoms with Crippen LogP contribution >= 0.6 is 0 Å². The number of fused-ring (bicyclic) bond motifs is 1. The number of hydrogen-bond acceptors (Lipinski definition) is 4. The number of nitrogens with zero attached hydrogens (tertiary/aromatic N) is 5. The van der Waals surface area contributed by atoms with E-state index in [1.165, 1.54) is 23.4 Å². The van der Waals surface area contributed by atoms with Gasteiger partial charge in [0.25, 0.3) is 0 Å². The lowest BCUT2D eigenvalue weighted by molar-refractivity contribution is 0.188. The molecule has 4 aromatic rings. The minimum Gasteiger partial charge on any atom is -0.383 e. The first-order chi connectivity index (χ1) is 12.3. The monoisotopic (exact) mass is 337 g/mol. The van der Waals surface area contributed by atoms with Gasteiger partial charge in [-0.05, 0) is 30.3 Å². The summed E-state index contributed by atoms with van der Waals surface area (Å²) in [6.07, 6.45) is 2.84. The number of imidazole rings is 1. The van der Waals surface area contributed by atoms with Crippen molar-refractivity contribution in [2.75, 3.05) is 13.7 Å². The third-order valence-corrected chi connectivity index (χ3v) is 4.05. The van der Waals surface area contributed by atoms with Crippen LogP contribution in [0, 0.1) is 5.82 Å². The number of methoxy groups -OCH3 is 1. The van der Waals surface area contributed by atoms with E-state index in [9.17, 15) is 4.39 Å². The highest BCUT2D eigenvalue weighted by molar-refractivity contribution is 5.80. The molecule has 0 fully saturated rings. The second-order valence-electron chi connectivity index (χ2n) is 5.57. The Labute approximate surface area is 143 Å². The van der Waals surface area contributed by atoms with Crippen molar-refractivity contribution in [3.05, 3.63) is 60.9 Å². The molecular weight excluding hydrogens is 321 g/mol. The lowest BCUT2D eigenvalue weighted by Gasteiger charge is -2.10. The lowest BCUT2D eigenvalue weighted by atomic mass is 10.2. The maximum Gasteiger partial charge on any atom is 0.149 e. The van der Waals surface area contributed by atoms with E-state index in [0.717, 1.165) is 11.0 Å². The van der Waals surface area contributed by atoms with Crippen LogP contribution in [0.4, 0.5) is 4.39 Å². The molecule has 0 bridgehead atoms. The molecular formula is C18H16FN5O. The second-order valence-corrected chi connectivity index (χ2v) is 5.57. The van der Waals surface area contributed by atoms with E-state index in [4.69, 9.17) is 4.74 Å². The third-order valence-electron chi connectivity index (χ3n) is 4.05. The molecule has 2 aromatic heterocycles. The Balaban J connectivity index is 1.82. The van der Waals surface area contributed by atoms with Crippen molar-refractivity contribution in [3.8, 4) is 17.1 Å². The van der Waals surface area contributed by atoms with Gasteiger partial charge in [-0.25, -0.2) is 19.0 Å². The fourth-order valence-electron chi connectivity index (χ4n) is 2.87. The Morgan fingerprint density at radius 3 is 2.80 bits per heavy atom. The molecule has 2 aromatic carbocycles. The summed E-state index contributed by atoms with van der Waals surface area (Å²) in [7, 11) is 1.66. The maximum absolute atomic E-state index is 14.6. The molecule has 7 heteroatoms. The van der Waals surface area contributed by atoms with Gasteiger partial charge in [0.15, 0.2) is 0 Å². The van der Waals surface area contributed by atoms with Gasteiger partial charge in [0.2, 0.25) is 0 Å². The van der Waals surface area contributed by atoms with Crippen LogP contribution in [-0.2, 0) is 11.3 Å². The van der Waals surface area contributed by atoms with E-state index in [1.807, 2.05) is 34.9 Å². The zero-order valence-corrected chi connectivity index (χ0v) is 13.6. The molecule has 0 saturated heterocycles. The van der Waals surface area contributed by atoms with E-state index in [1.54, 1.807) is 13.2 Å². The number of para-hydroxylation sites is 2. The number of rotatable bonds is 5. The zero-order chi connectivity index (χ0) is 17.2. The van der Waals surface area contributed by atoms with Gasteiger partial charge in [-0.1, -0.05) is 12.1 Å². The Morgan fingerprint density at radius 1 is 1.16 bits per heavy atom. The van der Waals surface area contributed by atoms with E-state index < -0.39 is 0 Å². The van der Waals surface area contributed by atoms with Gasteiger partial charge in [-0.2, -0.15) is 5.10 Å². The largest absolute Gasteiger partial charge is 0.383 e. The van der Waals surface area contributed by atoms with Crippen molar-refractivity contribution in [2.45, 2.75) is 6.54 Å². The molecule has 126 valence electrons. The predicted molar refractivity (Wildman–Crippen MR) is 91.9 cm³/mol. The highest BCUT2D eigenvalue weighted by Gasteiger charge is 2.14. The van der Waals surface area contributed by atoms with E-state index in [-0.39, 0.29) is 5.82 Å². The number of halogens is 1. The molecule has 2 heterocycles. The molecule has 0 saturated carbocycles. The summed E-state index contributed by atoms with van der Waals surface area (Å²) in [6.45, 7) is 1.19. The van der Waals surface area contributed by atoms with Crippen LogP contribution in [0.15, 0.2) is 55.1 Å². The fraction of sp³-hybridized carbons (Fsp3) is 0.167. The summed E-state index contributed by atoms with van der Waals surface area (Å²) < 4.78 is 23.2. The van der Waals surface area contributed by atoms with E-state index >= 15 is 0 Å². The Kier molecular flexibility index (Phi) is 3.99.